The number of benzene rings is 2. The molecule has 0 atom stereocenters. The number of nitrogen functional groups attached to an aromatic ring is 1. The lowest BCUT2D eigenvalue weighted by Gasteiger charge is -2.08. The molecule has 0 fully saturated rings. The Morgan fingerprint density at radius 3 is 2.67 bits per heavy atom. The highest BCUT2D eigenvalue weighted by molar-refractivity contribution is 5.86. The molecule has 0 aliphatic carbocycles. The first-order valence-electron chi connectivity index (χ1n) is 5.79. The van der Waals surface area contributed by atoms with E-state index in [1.165, 1.54) is 23.1 Å². The maximum absolute atomic E-state index is 13.1. The number of aromatic nitrogens is 1. The lowest BCUT2D eigenvalue weighted by Crippen LogP contribution is -1.98. The van der Waals surface area contributed by atoms with Gasteiger partial charge in [0.2, 0.25) is 0 Å². The van der Waals surface area contributed by atoms with Gasteiger partial charge in [-0.2, -0.15) is 0 Å². The van der Waals surface area contributed by atoms with Gasteiger partial charge in [-0.25, -0.2) is 4.39 Å². The van der Waals surface area contributed by atoms with Crippen LogP contribution in [0.1, 0.15) is 5.56 Å². The van der Waals surface area contributed by atoms with E-state index in [0.29, 0.717) is 5.69 Å². The van der Waals surface area contributed by atoms with Gasteiger partial charge in [-0.15, -0.1) is 0 Å². The second-order valence-corrected chi connectivity index (χ2v) is 4.40. The number of anilines is 1. The van der Waals surface area contributed by atoms with Crippen molar-refractivity contribution in [2.45, 2.75) is 6.92 Å². The van der Waals surface area contributed by atoms with E-state index >= 15 is 0 Å². The fourth-order valence-electron chi connectivity index (χ4n) is 2.29. The number of hydrogen-bond acceptors (Lipinski definition) is 1. The molecule has 0 unspecified atom stereocenters. The fraction of sp³-hybridized carbons (Fsp3) is 0.0667. The molecule has 2 aromatic carbocycles. The predicted molar refractivity (Wildman–Crippen MR) is 72.4 cm³/mol. The highest BCUT2D eigenvalue weighted by Crippen LogP contribution is 2.27. The molecule has 0 amide bonds. The summed E-state index contributed by atoms with van der Waals surface area (Å²) in [5, 5.41) is 1.18. The van der Waals surface area contributed by atoms with Crippen LogP contribution in [0.4, 0.5) is 10.1 Å². The van der Waals surface area contributed by atoms with Crippen molar-refractivity contribution in [3.05, 3.63) is 60.0 Å². The summed E-state index contributed by atoms with van der Waals surface area (Å²) in [5.74, 6) is -0.315. The van der Waals surface area contributed by atoms with Crippen LogP contribution in [0.15, 0.2) is 48.7 Å². The summed E-state index contributed by atoms with van der Waals surface area (Å²) in [7, 11) is 0. The third-order valence-electron chi connectivity index (χ3n) is 3.16. The van der Waals surface area contributed by atoms with Gasteiger partial charge in [-0.05, 0) is 36.8 Å². The van der Waals surface area contributed by atoms with Gasteiger partial charge < -0.3 is 10.3 Å². The molecule has 0 saturated carbocycles. The minimum Gasteiger partial charge on any atom is -0.397 e. The van der Waals surface area contributed by atoms with Crippen molar-refractivity contribution in [1.29, 1.82) is 0 Å². The van der Waals surface area contributed by atoms with Crippen molar-refractivity contribution in [3.8, 4) is 5.69 Å². The van der Waals surface area contributed by atoms with Crippen molar-refractivity contribution in [2.75, 3.05) is 5.73 Å². The fourth-order valence-corrected chi connectivity index (χ4v) is 2.29. The lowest BCUT2D eigenvalue weighted by molar-refractivity contribution is 0.628. The van der Waals surface area contributed by atoms with Gasteiger partial charge in [0, 0.05) is 11.6 Å². The van der Waals surface area contributed by atoms with E-state index in [-0.39, 0.29) is 5.82 Å². The second kappa shape index (κ2) is 3.88. The van der Waals surface area contributed by atoms with Gasteiger partial charge in [0.05, 0.1) is 16.9 Å². The van der Waals surface area contributed by atoms with E-state index in [1.807, 2.05) is 29.0 Å². The van der Waals surface area contributed by atoms with E-state index in [4.69, 9.17) is 5.73 Å². The Kier molecular flexibility index (Phi) is 2.33. The summed E-state index contributed by atoms with van der Waals surface area (Å²) in [4.78, 5) is 0. The van der Waals surface area contributed by atoms with E-state index in [1.54, 1.807) is 6.07 Å². The van der Waals surface area contributed by atoms with Crippen molar-refractivity contribution in [3.63, 3.8) is 0 Å². The molecule has 0 spiro atoms. The number of hydrogen-bond donors (Lipinski definition) is 1. The van der Waals surface area contributed by atoms with Crippen molar-refractivity contribution >= 4 is 16.6 Å². The molecule has 0 aliphatic rings. The lowest BCUT2D eigenvalue weighted by atomic mass is 10.2. The van der Waals surface area contributed by atoms with Crippen molar-refractivity contribution < 1.29 is 4.39 Å². The van der Waals surface area contributed by atoms with Gasteiger partial charge in [0.1, 0.15) is 5.82 Å². The molecule has 3 heteroatoms. The standard InChI is InChI=1S/C15H13FN2/c1-10-9-18(14-5-3-2-4-12(10)14)15-7-6-11(16)8-13(15)17/h2-9H,17H2,1H3. The number of rotatable bonds is 1. The Morgan fingerprint density at radius 1 is 1.11 bits per heavy atom. The van der Waals surface area contributed by atoms with Crippen LogP contribution in [0.3, 0.4) is 0 Å². The minimum atomic E-state index is -0.315. The Morgan fingerprint density at radius 2 is 1.89 bits per heavy atom. The quantitative estimate of drug-likeness (QED) is 0.646. The first-order chi connectivity index (χ1) is 8.66. The van der Waals surface area contributed by atoms with Gasteiger partial charge >= 0.3 is 0 Å². The normalized spacial score (nSPS) is 11.0. The van der Waals surface area contributed by atoms with Gasteiger partial charge in [-0.3, -0.25) is 0 Å². The molecule has 0 bridgehead atoms. The number of halogens is 1. The summed E-state index contributed by atoms with van der Waals surface area (Å²) in [5.41, 5.74) is 9.39. The van der Waals surface area contributed by atoms with Crippen LogP contribution < -0.4 is 5.73 Å². The van der Waals surface area contributed by atoms with Crippen LogP contribution in [0.25, 0.3) is 16.6 Å². The Bertz CT molecular complexity index is 728. The maximum atomic E-state index is 13.1. The van der Waals surface area contributed by atoms with Crippen LogP contribution >= 0.6 is 0 Å². The van der Waals surface area contributed by atoms with Gasteiger partial charge in [0.25, 0.3) is 0 Å². The van der Waals surface area contributed by atoms with E-state index < -0.39 is 0 Å². The molecule has 2 nitrogen and oxygen atoms in total. The molecule has 18 heavy (non-hydrogen) atoms. The minimum absolute atomic E-state index is 0.315. The number of aryl methyl sites for hydroxylation is 1. The number of fused-ring (bicyclic) bond motifs is 1. The molecule has 0 aliphatic heterocycles. The monoisotopic (exact) mass is 240 g/mol. The molecule has 1 heterocycles. The molecule has 3 rings (SSSR count). The zero-order valence-electron chi connectivity index (χ0n) is 10.0. The molecule has 90 valence electrons. The van der Waals surface area contributed by atoms with Crippen LogP contribution in [0.2, 0.25) is 0 Å². The third kappa shape index (κ3) is 1.56. The van der Waals surface area contributed by atoms with Crippen molar-refractivity contribution in [1.82, 2.24) is 4.57 Å². The SMILES string of the molecule is Cc1cn(-c2ccc(F)cc2N)c2ccccc12. The van der Waals surface area contributed by atoms with Crippen LogP contribution in [-0.2, 0) is 0 Å². The Hall–Kier alpha value is -2.29. The average Bonchev–Trinajstić information content (AvgIpc) is 2.68. The Balaban J connectivity index is 2.32. The molecule has 2 N–H and O–H groups in total. The van der Waals surface area contributed by atoms with Crippen LogP contribution in [0.5, 0.6) is 0 Å². The van der Waals surface area contributed by atoms with Gasteiger partial charge in [-0.1, -0.05) is 18.2 Å². The molecule has 3 aromatic rings. The average molecular weight is 240 g/mol. The number of nitrogens with two attached hydrogens (primary N) is 1. The first kappa shape index (κ1) is 10.8. The molecular formula is C15H13FN2. The highest BCUT2D eigenvalue weighted by atomic mass is 19.1. The van der Waals surface area contributed by atoms with E-state index in [9.17, 15) is 4.39 Å². The molecular weight excluding hydrogens is 227 g/mol. The first-order valence-corrected chi connectivity index (χ1v) is 5.79. The summed E-state index contributed by atoms with van der Waals surface area (Å²) in [6, 6.07) is 12.6. The summed E-state index contributed by atoms with van der Waals surface area (Å²) in [6.45, 7) is 2.05. The largest absolute Gasteiger partial charge is 0.397 e. The summed E-state index contributed by atoms with van der Waals surface area (Å²) < 4.78 is 15.1. The molecule has 0 saturated heterocycles. The van der Waals surface area contributed by atoms with E-state index in [0.717, 1.165) is 11.2 Å². The van der Waals surface area contributed by atoms with Crippen LogP contribution in [0, 0.1) is 12.7 Å². The second-order valence-electron chi connectivity index (χ2n) is 4.40. The summed E-state index contributed by atoms with van der Waals surface area (Å²) in [6.07, 6.45) is 2.02. The zero-order valence-corrected chi connectivity index (χ0v) is 10.0. The predicted octanol–water partition coefficient (Wildman–Crippen LogP) is 3.66. The zero-order chi connectivity index (χ0) is 12.7. The topological polar surface area (TPSA) is 30.9 Å². The smallest absolute Gasteiger partial charge is 0.125 e. The Labute approximate surface area is 104 Å². The van der Waals surface area contributed by atoms with Gasteiger partial charge in [0.15, 0.2) is 0 Å². The molecule has 1 aromatic heterocycles. The highest BCUT2D eigenvalue weighted by Gasteiger charge is 2.09. The van der Waals surface area contributed by atoms with E-state index in [2.05, 4.69) is 13.0 Å². The number of nitrogens with zero attached hydrogens (tertiary/aromatic N) is 1. The van der Waals surface area contributed by atoms with Crippen molar-refractivity contribution in [2.24, 2.45) is 0 Å². The number of para-hydroxylation sites is 1. The maximum Gasteiger partial charge on any atom is 0.125 e. The molecule has 0 radical (unpaired) electrons. The van der Waals surface area contributed by atoms with Crippen LogP contribution in [-0.4, -0.2) is 4.57 Å². The summed E-state index contributed by atoms with van der Waals surface area (Å²) >= 11 is 0. The third-order valence-corrected chi connectivity index (χ3v) is 3.16.